The lowest BCUT2D eigenvalue weighted by Crippen LogP contribution is -2.42. The Morgan fingerprint density at radius 3 is 2.60 bits per heavy atom. The van der Waals surface area contributed by atoms with Crippen molar-refractivity contribution in [3.05, 3.63) is 58.1 Å². The normalized spacial score (nSPS) is 15.8. The van der Waals surface area contributed by atoms with E-state index in [2.05, 4.69) is 26.3 Å². The predicted molar refractivity (Wildman–Crippen MR) is 139 cm³/mol. The highest BCUT2D eigenvalue weighted by atomic mass is 35.5. The molecule has 0 aliphatic carbocycles. The number of aliphatic hydroxyl groups excluding tert-OH is 1. The molecule has 6 N–H and O–H groups in total. The molecule has 1 aliphatic heterocycles. The number of β-amino-alcohol motifs (C(OH)–C–C–N with tert-alkyl or cyclic N) is 1. The highest BCUT2D eigenvalue weighted by Gasteiger charge is 2.32. The van der Waals surface area contributed by atoms with Gasteiger partial charge in [-0.25, -0.2) is 0 Å². The standard InChI is InChI=1S/C25H27ClF3N5O6/c1-2-40-22(38)9-20(13-3-15(25(27,28)29)7-16(26)4-13)34-21(37)12-30-23(39)14-5-17(8-18(35)6-14)33-24-31-10-19(36)11-32-24/h3-8,19-20,35-36H,2,9-12H2,1H3,(H,30,39)(H,34,37)(H2,31,32,33)/t20-/m0/s1. The Kier molecular flexibility index (Phi) is 10.2. The van der Waals surface area contributed by atoms with Crippen LogP contribution in [-0.2, 0) is 20.5 Å². The Hall–Kier alpha value is -4.04. The monoisotopic (exact) mass is 585 g/mol. The van der Waals surface area contributed by atoms with E-state index in [0.29, 0.717) is 17.7 Å². The van der Waals surface area contributed by atoms with Crippen LogP contribution in [0.3, 0.4) is 0 Å². The first kappa shape index (κ1) is 30.5. The Morgan fingerprint density at radius 1 is 1.20 bits per heavy atom. The molecule has 2 atom stereocenters. The lowest BCUT2D eigenvalue weighted by molar-refractivity contribution is -0.143. The van der Waals surface area contributed by atoms with Crippen molar-refractivity contribution in [3.8, 4) is 5.75 Å². The Bertz CT molecular complexity index is 1290. The molecule has 1 aliphatic rings. The first-order valence-electron chi connectivity index (χ1n) is 12.0. The van der Waals surface area contributed by atoms with Gasteiger partial charge in [0, 0.05) is 28.9 Å². The molecule has 0 spiro atoms. The highest BCUT2D eigenvalue weighted by molar-refractivity contribution is 6.30. The number of esters is 1. The van der Waals surface area contributed by atoms with Crippen LogP contribution in [-0.4, -0.2) is 66.3 Å². The smallest absolute Gasteiger partial charge is 0.416 e. The van der Waals surface area contributed by atoms with E-state index in [4.69, 9.17) is 16.3 Å². The molecule has 3 rings (SSSR count). The number of alkyl halides is 3. The third kappa shape index (κ3) is 9.02. The third-order valence-electron chi connectivity index (χ3n) is 5.48. The van der Waals surface area contributed by atoms with E-state index in [0.717, 1.165) is 12.1 Å². The van der Waals surface area contributed by atoms with Crippen molar-refractivity contribution in [2.24, 2.45) is 4.99 Å². The lowest BCUT2D eigenvalue weighted by Gasteiger charge is -2.21. The van der Waals surface area contributed by atoms with Gasteiger partial charge in [0.15, 0.2) is 5.96 Å². The number of nitrogens with one attached hydrogen (secondary N) is 4. The number of ether oxygens (including phenoxy) is 1. The topological polar surface area (TPSA) is 161 Å². The number of halogens is 4. The molecule has 1 heterocycles. The Labute approximate surface area is 231 Å². The second-order valence-corrected chi connectivity index (χ2v) is 9.14. The van der Waals surface area contributed by atoms with Crippen LogP contribution in [0.2, 0.25) is 5.02 Å². The molecule has 0 saturated heterocycles. The van der Waals surface area contributed by atoms with Crippen LogP contribution >= 0.6 is 11.6 Å². The summed E-state index contributed by atoms with van der Waals surface area (Å²) in [6.07, 6.45) is -5.84. The average Bonchev–Trinajstić information content (AvgIpc) is 2.87. The molecule has 15 heteroatoms. The van der Waals surface area contributed by atoms with Crippen molar-refractivity contribution in [2.45, 2.75) is 31.7 Å². The molecule has 2 aromatic rings. The van der Waals surface area contributed by atoms with Gasteiger partial charge in [0.05, 0.1) is 43.8 Å². The van der Waals surface area contributed by atoms with Crippen molar-refractivity contribution < 1.29 is 42.5 Å². The molecule has 0 fully saturated rings. The number of carbonyl (C=O) groups is 3. The van der Waals surface area contributed by atoms with Gasteiger partial charge in [0.2, 0.25) is 5.91 Å². The number of carbonyl (C=O) groups excluding carboxylic acids is 3. The van der Waals surface area contributed by atoms with Gasteiger partial charge in [0.25, 0.3) is 5.91 Å². The number of aliphatic hydroxyl groups is 1. The fourth-order valence-corrected chi connectivity index (χ4v) is 3.93. The van der Waals surface area contributed by atoms with Gasteiger partial charge in [-0.1, -0.05) is 11.6 Å². The number of hydrogen-bond acceptors (Lipinski definition) is 9. The summed E-state index contributed by atoms with van der Waals surface area (Å²) in [4.78, 5) is 41.5. The van der Waals surface area contributed by atoms with Gasteiger partial charge in [0.1, 0.15) is 5.75 Å². The van der Waals surface area contributed by atoms with E-state index in [1.54, 1.807) is 6.92 Å². The number of aromatic hydroxyl groups is 1. The van der Waals surface area contributed by atoms with E-state index in [-0.39, 0.29) is 41.6 Å². The second-order valence-electron chi connectivity index (χ2n) is 8.70. The molecule has 0 saturated carbocycles. The molecule has 216 valence electrons. The second kappa shape index (κ2) is 13.3. The van der Waals surface area contributed by atoms with Gasteiger partial charge in [-0.15, -0.1) is 0 Å². The number of nitrogens with zero attached hydrogens (tertiary/aromatic N) is 1. The first-order chi connectivity index (χ1) is 18.8. The van der Waals surface area contributed by atoms with Gasteiger partial charge in [-0.05, 0) is 42.8 Å². The maximum absolute atomic E-state index is 13.3. The molecule has 2 aromatic carbocycles. The number of guanidine groups is 1. The lowest BCUT2D eigenvalue weighted by atomic mass is 10.0. The molecule has 2 amide bonds. The maximum atomic E-state index is 13.3. The molecular formula is C25H27ClF3N5O6. The minimum absolute atomic E-state index is 0.0144. The predicted octanol–water partition coefficient (Wildman–Crippen LogP) is 2.34. The van der Waals surface area contributed by atoms with Crippen molar-refractivity contribution >= 4 is 41.0 Å². The number of anilines is 1. The SMILES string of the molecule is CCOC(=O)C[C@H](NC(=O)CNC(=O)c1cc(O)cc(NC2=NCC(O)CN2)c1)c1cc(Cl)cc(C(F)(F)F)c1. The zero-order chi connectivity index (χ0) is 29.4. The van der Waals surface area contributed by atoms with E-state index in [9.17, 15) is 37.8 Å². The molecule has 0 radical (unpaired) electrons. The van der Waals surface area contributed by atoms with Crippen LogP contribution in [0.25, 0.3) is 0 Å². The van der Waals surface area contributed by atoms with Crippen LogP contribution in [0, 0.1) is 0 Å². The molecule has 1 unspecified atom stereocenters. The van der Waals surface area contributed by atoms with Gasteiger partial charge in [-0.3, -0.25) is 19.4 Å². The van der Waals surface area contributed by atoms with Crippen LogP contribution in [0.15, 0.2) is 41.4 Å². The summed E-state index contributed by atoms with van der Waals surface area (Å²) in [6.45, 7) is 1.39. The third-order valence-corrected chi connectivity index (χ3v) is 5.70. The van der Waals surface area contributed by atoms with Crippen molar-refractivity contribution in [1.82, 2.24) is 16.0 Å². The summed E-state index contributed by atoms with van der Waals surface area (Å²) in [5, 5.41) is 29.8. The number of phenolic OH excluding ortho intramolecular Hbond substituents is 1. The largest absolute Gasteiger partial charge is 0.508 e. The molecular weight excluding hydrogens is 559 g/mol. The number of hydrogen-bond donors (Lipinski definition) is 6. The van der Waals surface area contributed by atoms with Gasteiger partial charge >= 0.3 is 12.1 Å². The number of phenols is 1. The average molecular weight is 586 g/mol. The number of aliphatic imine (C=N–C) groups is 1. The van der Waals surface area contributed by atoms with E-state index in [1.807, 2.05) is 0 Å². The quantitative estimate of drug-likeness (QED) is 0.244. The van der Waals surface area contributed by atoms with E-state index in [1.165, 1.54) is 18.2 Å². The van der Waals surface area contributed by atoms with E-state index < -0.39 is 54.6 Å². The van der Waals surface area contributed by atoms with Crippen LogP contribution in [0.4, 0.5) is 18.9 Å². The molecule has 11 nitrogen and oxygen atoms in total. The number of benzene rings is 2. The zero-order valence-electron chi connectivity index (χ0n) is 21.1. The summed E-state index contributed by atoms with van der Waals surface area (Å²) in [5.41, 5.74) is -0.860. The number of rotatable bonds is 9. The minimum Gasteiger partial charge on any atom is -0.508 e. The van der Waals surface area contributed by atoms with Crippen LogP contribution in [0.5, 0.6) is 5.75 Å². The van der Waals surface area contributed by atoms with Crippen molar-refractivity contribution in [2.75, 3.05) is 31.6 Å². The summed E-state index contributed by atoms with van der Waals surface area (Å²) < 4.78 is 44.8. The molecule has 0 aromatic heterocycles. The summed E-state index contributed by atoms with van der Waals surface area (Å²) in [7, 11) is 0. The van der Waals surface area contributed by atoms with Gasteiger partial charge < -0.3 is 36.2 Å². The van der Waals surface area contributed by atoms with Crippen LogP contribution in [0.1, 0.15) is 40.9 Å². The maximum Gasteiger partial charge on any atom is 0.416 e. The van der Waals surface area contributed by atoms with Crippen LogP contribution < -0.4 is 21.3 Å². The van der Waals surface area contributed by atoms with E-state index >= 15 is 0 Å². The first-order valence-corrected chi connectivity index (χ1v) is 12.4. The molecule has 0 bridgehead atoms. The Balaban J connectivity index is 1.70. The minimum atomic E-state index is -4.72. The fraction of sp³-hybridized carbons (Fsp3) is 0.360. The van der Waals surface area contributed by atoms with Crippen molar-refractivity contribution in [3.63, 3.8) is 0 Å². The zero-order valence-corrected chi connectivity index (χ0v) is 21.9. The summed E-state index contributed by atoms with van der Waals surface area (Å²) in [5.74, 6) is -2.26. The van der Waals surface area contributed by atoms with Gasteiger partial charge in [-0.2, -0.15) is 13.2 Å². The molecule has 40 heavy (non-hydrogen) atoms. The summed E-state index contributed by atoms with van der Waals surface area (Å²) >= 11 is 5.86. The summed E-state index contributed by atoms with van der Waals surface area (Å²) in [6, 6.07) is 5.31. The fourth-order valence-electron chi connectivity index (χ4n) is 3.69. The highest BCUT2D eigenvalue weighted by Crippen LogP contribution is 2.34. The Morgan fingerprint density at radius 2 is 1.95 bits per heavy atom. The van der Waals surface area contributed by atoms with Crippen molar-refractivity contribution in [1.29, 1.82) is 0 Å². The number of amides is 2.